The van der Waals surface area contributed by atoms with Gasteiger partial charge in [0.05, 0.1) is 18.7 Å². The maximum atomic E-state index is 13.8. The normalized spacial score (nSPS) is 17.8. The first-order valence-electron chi connectivity index (χ1n) is 11.4. The molecule has 2 atom stereocenters. The summed E-state index contributed by atoms with van der Waals surface area (Å²) in [5.41, 5.74) is 0.0788. The third-order valence-corrected chi connectivity index (χ3v) is 5.64. The highest BCUT2D eigenvalue weighted by Crippen LogP contribution is 2.25. The number of carbonyl (C=O) groups excluding carboxylic acids is 1. The summed E-state index contributed by atoms with van der Waals surface area (Å²) in [7, 11) is 0. The van der Waals surface area contributed by atoms with Gasteiger partial charge in [0.25, 0.3) is 5.91 Å². The van der Waals surface area contributed by atoms with Crippen LogP contribution in [0.3, 0.4) is 0 Å². The molecule has 0 saturated carbocycles. The number of nitrogens with zero attached hydrogens (tertiary/aromatic N) is 3. The van der Waals surface area contributed by atoms with E-state index in [2.05, 4.69) is 15.6 Å². The SMILES string of the molecule is CC(C)CN(C(=O)c1cnc(C(C)(C)C)nc1NCc1ccco1)C1CNCC(C(=O)O)C1.Cl.Cl. The van der Waals surface area contributed by atoms with Gasteiger partial charge in [-0.3, -0.25) is 9.59 Å². The van der Waals surface area contributed by atoms with E-state index in [1.807, 2.05) is 46.8 Å². The minimum absolute atomic E-state index is 0. The second kappa shape index (κ2) is 13.1. The Kier molecular flexibility index (Phi) is 11.5. The number of amides is 1. The molecule has 11 heteroatoms. The molecule has 0 bridgehead atoms. The molecule has 2 unspecified atom stereocenters. The third kappa shape index (κ3) is 8.08. The molecule has 1 saturated heterocycles. The summed E-state index contributed by atoms with van der Waals surface area (Å²) in [6.45, 7) is 12.0. The van der Waals surface area contributed by atoms with E-state index < -0.39 is 11.9 Å². The Morgan fingerprint density at radius 3 is 2.57 bits per heavy atom. The van der Waals surface area contributed by atoms with Crippen molar-refractivity contribution in [2.75, 3.05) is 25.0 Å². The molecule has 9 nitrogen and oxygen atoms in total. The predicted molar refractivity (Wildman–Crippen MR) is 140 cm³/mol. The van der Waals surface area contributed by atoms with Crippen molar-refractivity contribution < 1.29 is 19.1 Å². The average Bonchev–Trinajstić information content (AvgIpc) is 3.28. The first-order chi connectivity index (χ1) is 15.6. The van der Waals surface area contributed by atoms with Crippen LogP contribution >= 0.6 is 24.8 Å². The van der Waals surface area contributed by atoms with Crippen LogP contribution in [0.1, 0.15) is 63.0 Å². The van der Waals surface area contributed by atoms with E-state index in [0.717, 1.165) is 5.76 Å². The molecule has 0 aliphatic carbocycles. The van der Waals surface area contributed by atoms with Crippen LogP contribution in [-0.2, 0) is 16.8 Å². The van der Waals surface area contributed by atoms with Crippen LogP contribution in [0.5, 0.6) is 0 Å². The first kappa shape index (κ1) is 30.7. The Labute approximate surface area is 219 Å². The molecule has 0 spiro atoms. The molecule has 0 aromatic carbocycles. The summed E-state index contributed by atoms with van der Waals surface area (Å²) in [5.74, 6) is 0.442. The number of hydrogen-bond donors (Lipinski definition) is 3. The monoisotopic (exact) mass is 529 g/mol. The number of piperidine rings is 1. The van der Waals surface area contributed by atoms with Crippen LogP contribution in [0.15, 0.2) is 29.0 Å². The van der Waals surface area contributed by atoms with E-state index in [4.69, 9.17) is 9.40 Å². The van der Waals surface area contributed by atoms with Crippen LogP contribution in [0.4, 0.5) is 5.82 Å². The van der Waals surface area contributed by atoms with Gasteiger partial charge < -0.3 is 25.1 Å². The summed E-state index contributed by atoms with van der Waals surface area (Å²) in [6.07, 6.45) is 3.60. The molecule has 1 aliphatic rings. The van der Waals surface area contributed by atoms with Crippen molar-refractivity contribution in [3.8, 4) is 0 Å². The van der Waals surface area contributed by atoms with E-state index >= 15 is 0 Å². The molecule has 3 heterocycles. The van der Waals surface area contributed by atoms with Gasteiger partial charge in [-0.25, -0.2) is 9.97 Å². The molecule has 3 rings (SSSR count). The number of nitrogens with one attached hydrogen (secondary N) is 2. The molecular formula is C24H37Cl2N5O4. The van der Waals surface area contributed by atoms with Crippen molar-refractivity contribution in [3.63, 3.8) is 0 Å². The van der Waals surface area contributed by atoms with Crippen LogP contribution in [0.25, 0.3) is 0 Å². The van der Waals surface area contributed by atoms with Gasteiger partial charge in [0.2, 0.25) is 0 Å². The molecule has 3 N–H and O–H groups in total. The van der Waals surface area contributed by atoms with Crippen LogP contribution < -0.4 is 10.6 Å². The number of anilines is 1. The lowest BCUT2D eigenvalue weighted by atomic mass is 9.93. The number of halogens is 2. The molecule has 1 fully saturated rings. The van der Waals surface area contributed by atoms with Gasteiger partial charge in [0.15, 0.2) is 0 Å². The van der Waals surface area contributed by atoms with Gasteiger partial charge in [0.1, 0.15) is 23.0 Å². The molecule has 1 amide bonds. The van der Waals surface area contributed by atoms with Gasteiger partial charge >= 0.3 is 5.97 Å². The average molecular weight is 530 g/mol. The fourth-order valence-electron chi connectivity index (χ4n) is 3.91. The lowest BCUT2D eigenvalue weighted by Gasteiger charge is -2.38. The lowest BCUT2D eigenvalue weighted by Crippen LogP contribution is -2.53. The Hall–Kier alpha value is -2.36. The fraction of sp³-hybridized carbons (Fsp3) is 0.583. The number of hydrogen-bond acceptors (Lipinski definition) is 7. The highest BCUT2D eigenvalue weighted by molar-refractivity contribution is 5.98. The number of rotatable bonds is 8. The van der Waals surface area contributed by atoms with Gasteiger partial charge in [-0.15, -0.1) is 24.8 Å². The number of furan rings is 1. The van der Waals surface area contributed by atoms with Crippen molar-refractivity contribution >= 4 is 42.5 Å². The maximum absolute atomic E-state index is 13.8. The van der Waals surface area contributed by atoms with Gasteiger partial charge in [-0.1, -0.05) is 34.6 Å². The summed E-state index contributed by atoms with van der Waals surface area (Å²) < 4.78 is 5.42. The summed E-state index contributed by atoms with van der Waals surface area (Å²) in [4.78, 5) is 36.4. The van der Waals surface area contributed by atoms with Crippen LogP contribution in [-0.4, -0.2) is 57.5 Å². The lowest BCUT2D eigenvalue weighted by molar-refractivity contribution is -0.142. The summed E-state index contributed by atoms with van der Waals surface area (Å²) in [6, 6.07) is 3.43. The maximum Gasteiger partial charge on any atom is 0.307 e. The van der Waals surface area contributed by atoms with E-state index in [1.54, 1.807) is 17.4 Å². The summed E-state index contributed by atoms with van der Waals surface area (Å²) in [5, 5.41) is 15.9. The minimum Gasteiger partial charge on any atom is -0.481 e. The van der Waals surface area contributed by atoms with Gasteiger partial charge in [-0.2, -0.15) is 0 Å². The van der Waals surface area contributed by atoms with Crippen molar-refractivity contribution in [2.24, 2.45) is 11.8 Å². The largest absolute Gasteiger partial charge is 0.481 e. The zero-order valence-electron chi connectivity index (χ0n) is 20.9. The van der Waals surface area contributed by atoms with Crippen molar-refractivity contribution in [2.45, 2.75) is 59.0 Å². The number of carbonyl (C=O) groups is 2. The highest BCUT2D eigenvalue weighted by Gasteiger charge is 2.34. The number of carboxylic acids is 1. The van der Waals surface area contributed by atoms with E-state index in [-0.39, 0.29) is 48.1 Å². The van der Waals surface area contributed by atoms with Crippen LogP contribution in [0, 0.1) is 11.8 Å². The Morgan fingerprint density at radius 1 is 1.29 bits per heavy atom. The van der Waals surface area contributed by atoms with Crippen molar-refractivity contribution in [3.05, 3.63) is 41.7 Å². The predicted octanol–water partition coefficient (Wildman–Crippen LogP) is 3.98. The third-order valence-electron chi connectivity index (χ3n) is 5.64. The quantitative estimate of drug-likeness (QED) is 0.469. The zero-order valence-corrected chi connectivity index (χ0v) is 22.5. The Morgan fingerprint density at radius 2 is 2.00 bits per heavy atom. The Balaban J connectivity index is 0.00000306. The molecule has 2 aromatic rings. The number of aromatic nitrogens is 2. The van der Waals surface area contributed by atoms with Gasteiger partial charge in [0, 0.05) is 37.3 Å². The minimum atomic E-state index is -0.845. The number of aliphatic carboxylic acids is 1. The van der Waals surface area contributed by atoms with E-state index in [1.165, 1.54) is 0 Å². The number of carboxylic acid groups (broad SMARTS) is 1. The van der Waals surface area contributed by atoms with E-state index in [0.29, 0.717) is 49.8 Å². The molecule has 1 aliphatic heterocycles. The fourth-order valence-corrected chi connectivity index (χ4v) is 3.91. The first-order valence-corrected chi connectivity index (χ1v) is 11.4. The molecule has 35 heavy (non-hydrogen) atoms. The molecular weight excluding hydrogens is 493 g/mol. The second-order valence-corrected chi connectivity index (χ2v) is 10.1. The summed E-state index contributed by atoms with van der Waals surface area (Å²) >= 11 is 0. The van der Waals surface area contributed by atoms with Crippen molar-refractivity contribution in [1.82, 2.24) is 20.2 Å². The van der Waals surface area contributed by atoms with Gasteiger partial charge in [-0.05, 0) is 24.5 Å². The Bertz CT molecular complexity index is 963. The molecule has 2 aromatic heterocycles. The van der Waals surface area contributed by atoms with Crippen molar-refractivity contribution in [1.29, 1.82) is 0 Å². The van der Waals surface area contributed by atoms with Crippen LogP contribution in [0.2, 0.25) is 0 Å². The zero-order chi connectivity index (χ0) is 24.2. The van der Waals surface area contributed by atoms with E-state index in [9.17, 15) is 14.7 Å². The standard InChI is InChI=1S/C24H35N5O4.2ClH/c1-15(2)14-29(17-9-16(22(31)32)10-25-11-17)21(30)19-13-27-23(24(3,4)5)28-20(19)26-12-18-7-6-8-33-18;;/h6-8,13,15-17,25H,9-12,14H2,1-5H3,(H,31,32)(H,26,27,28);2*1H. The second-order valence-electron chi connectivity index (χ2n) is 10.1. The molecule has 196 valence electrons. The smallest absolute Gasteiger partial charge is 0.307 e. The highest BCUT2D eigenvalue weighted by atomic mass is 35.5. The molecule has 0 radical (unpaired) electrons. The topological polar surface area (TPSA) is 121 Å².